The van der Waals surface area contributed by atoms with Crippen LogP contribution in [0.25, 0.3) is 0 Å². The van der Waals surface area contributed by atoms with E-state index in [1.807, 2.05) is 0 Å². The van der Waals surface area contributed by atoms with Crippen molar-refractivity contribution in [2.45, 2.75) is 67.7 Å². The molecule has 3 rings (SSSR count). The second-order valence-electron chi connectivity index (χ2n) is 7.17. The van der Waals surface area contributed by atoms with E-state index in [0.717, 1.165) is 43.2 Å². The molecule has 0 unspecified atom stereocenters. The molecule has 0 radical (unpaired) electrons. The van der Waals surface area contributed by atoms with Crippen molar-refractivity contribution < 1.29 is 22.7 Å². The molecule has 2 aliphatic rings. The molecule has 0 bridgehead atoms. The quantitative estimate of drug-likeness (QED) is 0.700. The highest BCUT2D eigenvalue weighted by Crippen LogP contribution is 2.38. The van der Waals surface area contributed by atoms with Gasteiger partial charge in [0.15, 0.2) is 0 Å². The summed E-state index contributed by atoms with van der Waals surface area (Å²) in [4.78, 5) is 13.2. The van der Waals surface area contributed by atoms with Gasteiger partial charge in [-0.2, -0.15) is 13.2 Å². The zero-order valence-corrected chi connectivity index (χ0v) is 16.3. The van der Waals surface area contributed by atoms with Crippen LogP contribution in [0.1, 0.15) is 54.4 Å². The van der Waals surface area contributed by atoms with Crippen LogP contribution in [-0.2, 0) is 6.18 Å². The molecular formula is C19H25F3N2O2S. The van der Waals surface area contributed by atoms with Crippen molar-refractivity contribution in [3.63, 3.8) is 0 Å². The summed E-state index contributed by atoms with van der Waals surface area (Å²) in [6.07, 6.45) is 3.63. The van der Waals surface area contributed by atoms with Gasteiger partial charge in [0.1, 0.15) is 5.75 Å². The fourth-order valence-corrected chi connectivity index (χ4v) is 4.39. The first-order valence-corrected chi connectivity index (χ1v) is 10.5. The Hall–Kier alpha value is -1.41. The summed E-state index contributed by atoms with van der Waals surface area (Å²) in [7, 11) is 1.28. The predicted molar refractivity (Wildman–Crippen MR) is 99.4 cm³/mol. The monoisotopic (exact) mass is 402 g/mol. The van der Waals surface area contributed by atoms with Crippen molar-refractivity contribution in [2.75, 3.05) is 13.4 Å². The zero-order chi connectivity index (χ0) is 19.6. The molecular weight excluding hydrogens is 377 g/mol. The molecule has 27 heavy (non-hydrogen) atoms. The molecule has 2 aliphatic carbocycles. The first kappa shape index (κ1) is 20.3. The first-order chi connectivity index (χ1) is 12.8. The minimum atomic E-state index is -4.49. The highest BCUT2D eigenvalue weighted by Gasteiger charge is 2.35. The second kappa shape index (κ2) is 8.31. The highest BCUT2D eigenvalue weighted by atomic mass is 32.2. The molecule has 2 saturated carbocycles. The van der Waals surface area contributed by atoms with Gasteiger partial charge in [-0.15, -0.1) is 11.8 Å². The molecule has 8 heteroatoms. The second-order valence-corrected chi connectivity index (χ2v) is 8.01. The van der Waals surface area contributed by atoms with Crippen LogP contribution < -0.4 is 15.4 Å². The Morgan fingerprint density at radius 1 is 1.15 bits per heavy atom. The van der Waals surface area contributed by atoms with Gasteiger partial charge in [0, 0.05) is 23.0 Å². The van der Waals surface area contributed by atoms with E-state index in [-0.39, 0.29) is 34.2 Å². The van der Waals surface area contributed by atoms with Gasteiger partial charge in [0.2, 0.25) is 0 Å². The standard InChI is InChI=1S/C19H25F3N2O2S/c1-26-15-9-11(19(20,21)22)10-16(27-2)17(15)18(25)24-14-8-4-7-13(14)23-12-5-3-6-12/h9-10,12-14,23H,3-8H2,1-2H3,(H,24,25)/t13-,14+/m0/s1. The molecule has 4 nitrogen and oxygen atoms in total. The molecule has 2 N–H and O–H groups in total. The normalized spacial score (nSPS) is 23.1. The third-order valence-corrected chi connectivity index (χ3v) is 6.21. The Balaban J connectivity index is 1.80. The van der Waals surface area contributed by atoms with E-state index < -0.39 is 11.7 Å². The van der Waals surface area contributed by atoms with Crippen molar-refractivity contribution >= 4 is 17.7 Å². The number of halogens is 3. The number of rotatable bonds is 6. The number of amides is 1. The molecule has 0 heterocycles. The first-order valence-electron chi connectivity index (χ1n) is 9.23. The van der Waals surface area contributed by atoms with Crippen LogP contribution >= 0.6 is 11.8 Å². The van der Waals surface area contributed by atoms with Crippen molar-refractivity contribution in [1.82, 2.24) is 10.6 Å². The Morgan fingerprint density at radius 2 is 1.81 bits per heavy atom. The lowest BCUT2D eigenvalue weighted by molar-refractivity contribution is -0.137. The number of thioether (sulfide) groups is 1. The molecule has 0 aliphatic heterocycles. The average Bonchev–Trinajstić information content (AvgIpc) is 3.02. The third kappa shape index (κ3) is 4.54. The molecule has 1 amide bonds. The molecule has 0 spiro atoms. The molecule has 0 aromatic heterocycles. The van der Waals surface area contributed by atoms with Crippen LogP contribution in [0.5, 0.6) is 5.75 Å². The zero-order valence-electron chi connectivity index (χ0n) is 15.5. The van der Waals surface area contributed by atoms with E-state index >= 15 is 0 Å². The van der Waals surface area contributed by atoms with Gasteiger partial charge in [-0.3, -0.25) is 4.79 Å². The summed E-state index contributed by atoms with van der Waals surface area (Å²) in [5.41, 5.74) is -0.641. The molecule has 150 valence electrons. The maximum atomic E-state index is 13.1. The smallest absolute Gasteiger partial charge is 0.416 e. The fourth-order valence-electron chi connectivity index (χ4n) is 3.75. The maximum Gasteiger partial charge on any atom is 0.416 e. The van der Waals surface area contributed by atoms with Crippen molar-refractivity contribution in [3.8, 4) is 5.75 Å². The predicted octanol–water partition coefficient (Wildman–Crippen LogP) is 4.23. The van der Waals surface area contributed by atoms with E-state index in [1.165, 1.54) is 26.4 Å². The molecule has 0 saturated heterocycles. The van der Waals surface area contributed by atoms with Crippen LogP contribution in [-0.4, -0.2) is 37.4 Å². The van der Waals surface area contributed by atoms with E-state index in [4.69, 9.17) is 4.74 Å². The Morgan fingerprint density at radius 3 is 2.37 bits per heavy atom. The largest absolute Gasteiger partial charge is 0.496 e. The summed E-state index contributed by atoms with van der Waals surface area (Å²) < 4.78 is 44.5. The van der Waals surface area contributed by atoms with Crippen LogP contribution in [0.15, 0.2) is 17.0 Å². The van der Waals surface area contributed by atoms with E-state index in [2.05, 4.69) is 10.6 Å². The summed E-state index contributed by atoms with van der Waals surface area (Å²) in [5.74, 6) is -0.426. The lowest BCUT2D eigenvalue weighted by Gasteiger charge is -2.33. The van der Waals surface area contributed by atoms with Gasteiger partial charge in [-0.05, 0) is 50.5 Å². The van der Waals surface area contributed by atoms with Gasteiger partial charge >= 0.3 is 6.18 Å². The van der Waals surface area contributed by atoms with Crippen LogP contribution in [0.3, 0.4) is 0 Å². The number of nitrogens with one attached hydrogen (secondary N) is 2. The van der Waals surface area contributed by atoms with Crippen LogP contribution in [0, 0.1) is 0 Å². The number of hydrogen-bond donors (Lipinski definition) is 2. The SMILES string of the molecule is COc1cc(C(F)(F)F)cc(SC)c1C(=O)N[C@@H]1CCC[C@@H]1NC1CCC1. The molecule has 1 aromatic carbocycles. The van der Waals surface area contributed by atoms with Gasteiger partial charge in [0.25, 0.3) is 5.91 Å². The lowest BCUT2D eigenvalue weighted by Crippen LogP contribution is -2.51. The Kier molecular flexibility index (Phi) is 6.25. The van der Waals surface area contributed by atoms with Crippen LogP contribution in [0.4, 0.5) is 13.2 Å². The Labute approximate surface area is 161 Å². The van der Waals surface area contributed by atoms with Crippen LogP contribution in [0.2, 0.25) is 0 Å². The maximum absolute atomic E-state index is 13.1. The van der Waals surface area contributed by atoms with Gasteiger partial charge in [-0.25, -0.2) is 0 Å². The van der Waals surface area contributed by atoms with Crippen molar-refractivity contribution in [2.24, 2.45) is 0 Å². The number of carbonyl (C=O) groups is 1. The third-order valence-electron chi connectivity index (χ3n) is 5.45. The number of carbonyl (C=O) groups excluding carboxylic acids is 1. The minimum Gasteiger partial charge on any atom is -0.496 e. The summed E-state index contributed by atoms with van der Waals surface area (Å²) >= 11 is 1.11. The molecule has 2 atom stereocenters. The number of methoxy groups -OCH3 is 1. The Bertz CT molecular complexity index is 667. The molecule has 2 fully saturated rings. The van der Waals surface area contributed by atoms with Crippen molar-refractivity contribution in [3.05, 3.63) is 23.3 Å². The number of alkyl halides is 3. The van der Waals surface area contributed by atoms with E-state index in [9.17, 15) is 18.0 Å². The van der Waals surface area contributed by atoms with Gasteiger partial charge in [0.05, 0.1) is 18.2 Å². The fraction of sp³-hybridized carbons (Fsp3) is 0.632. The number of hydrogen-bond acceptors (Lipinski definition) is 4. The summed E-state index contributed by atoms with van der Waals surface area (Å²) in [5, 5.41) is 6.64. The van der Waals surface area contributed by atoms with Gasteiger partial charge in [-0.1, -0.05) is 6.42 Å². The average molecular weight is 402 g/mol. The van der Waals surface area contributed by atoms with E-state index in [1.54, 1.807) is 6.26 Å². The van der Waals surface area contributed by atoms with Gasteiger partial charge < -0.3 is 15.4 Å². The minimum absolute atomic E-state index is 0.0141. The number of ether oxygens (including phenoxy) is 1. The van der Waals surface area contributed by atoms with Crippen molar-refractivity contribution in [1.29, 1.82) is 0 Å². The van der Waals surface area contributed by atoms with E-state index in [0.29, 0.717) is 6.04 Å². The lowest BCUT2D eigenvalue weighted by atomic mass is 9.92. The highest BCUT2D eigenvalue weighted by molar-refractivity contribution is 7.98. The summed E-state index contributed by atoms with van der Waals surface area (Å²) in [6.45, 7) is 0. The molecule has 1 aromatic rings. The summed E-state index contributed by atoms with van der Waals surface area (Å²) in [6, 6.07) is 2.64. The number of benzene rings is 1. The topological polar surface area (TPSA) is 50.4 Å².